The first-order valence-electron chi connectivity index (χ1n) is 6.62. The number of aryl methyl sites for hydroxylation is 1. The lowest BCUT2D eigenvalue weighted by Gasteiger charge is -2.12. The minimum Gasteiger partial charge on any atom is -0.496 e. The highest BCUT2D eigenvalue weighted by molar-refractivity contribution is 5.77. The summed E-state index contributed by atoms with van der Waals surface area (Å²) in [5.74, 6) is 0.0601. The van der Waals surface area contributed by atoms with Crippen molar-refractivity contribution in [1.82, 2.24) is 14.5 Å². The Bertz CT molecular complexity index is 941. The van der Waals surface area contributed by atoms with Gasteiger partial charge in [-0.05, 0) is 30.3 Å². The Kier molecular flexibility index (Phi) is 3.39. The van der Waals surface area contributed by atoms with Crippen LogP contribution in [0.1, 0.15) is 5.56 Å². The van der Waals surface area contributed by atoms with Crippen LogP contribution in [0.25, 0.3) is 22.4 Å². The monoisotopic (exact) mass is 323 g/mol. The van der Waals surface area contributed by atoms with E-state index in [1.165, 1.54) is 17.7 Å². The van der Waals surface area contributed by atoms with Gasteiger partial charge in [-0.1, -0.05) is 0 Å². The van der Waals surface area contributed by atoms with Crippen LogP contribution < -0.4 is 10.4 Å². The second-order valence-electron chi connectivity index (χ2n) is 4.97. The Morgan fingerprint density at radius 1 is 1.22 bits per heavy atom. The Morgan fingerprint density at radius 2 is 1.96 bits per heavy atom. The molecule has 0 atom stereocenters. The SMILES string of the molecule is COc1cc(C(F)(F)F)ccc1-c1ccc2c(n1)[nH]c(=O)n2C. The number of aromatic amines is 1. The highest BCUT2D eigenvalue weighted by Crippen LogP contribution is 2.36. The number of hydrogen-bond acceptors (Lipinski definition) is 3. The molecule has 0 aliphatic rings. The van der Waals surface area contributed by atoms with Crippen molar-refractivity contribution in [3.8, 4) is 17.0 Å². The van der Waals surface area contributed by atoms with Gasteiger partial charge in [0.1, 0.15) is 5.75 Å². The number of aromatic nitrogens is 3. The fourth-order valence-corrected chi connectivity index (χ4v) is 2.34. The smallest absolute Gasteiger partial charge is 0.416 e. The van der Waals surface area contributed by atoms with Crippen LogP contribution in [0.2, 0.25) is 0 Å². The van der Waals surface area contributed by atoms with Crippen molar-refractivity contribution in [2.24, 2.45) is 7.05 Å². The lowest BCUT2D eigenvalue weighted by atomic mass is 10.1. The zero-order chi connectivity index (χ0) is 16.8. The van der Waals surface area contributed by atoms with Crippen molar-refractivity contribution in [2.75, 3.05) is 7.11 Å². The molecule has 0 fully saturated rings. The van der Waals surface area contributed by atoms with Gasteiger partial charge in [-0.15, -0.1) is 0 Å². The first-order valence-corrected chi connectivity index (χ1v) is 6.62. The molecule has 0 radical (unpaired) electrons. The molecule has 8 heteroatoms. The largest absolute Gasteiger partial charge is 0.496 e. The van der Waals surface area contributed by atoms with Gasteiger partial charge in [0.2, 0.25) is 0 Å². The van der Waals surface area contributed by atoms with Gasteiger partial charge in [-0.3, -0.25) is 9.55 Å². The number of halogens is 3. The molecule has 5 nitrogen and oxygen atoms in total. The molecule has 0 saturated carbocycles. The molecular formula is C15H12F3N3O2. The van der Waals surface area contributed by atoms with Crippen LogP contribution in [0.4, 0.5) is 13.2 Å². The van der Waals surface area contributed by atoms with Crippen LogP contribution in [-0.4, -0.2) is 21.6 Å². The van der Waals surface area contributed by atoms with Gasteiger partial charge in [0.05, 0.1) is 23.9 Å². The number of hydrogen-bond donors (Lipinski definition) is 1. The van der Waals surface area contributed by atoms with E-state index in [9.17, 15) is 18.0 Å². The summed E-state index contributed by atoms with van der Waals surface area (Å²) in [5, 5.41) is 0. The van der Waals surface area contributed by atoms with Gasteiger partial charge in [0, 0.05) is 12.6 Å². The van der Waals surface area contributed by atoms with E-state index in [-0.39, 0.29) is 11.4 Å². The number of alkyl halides is 3. The predicted octanol–water partition coefficient (Wildman–Crippen LogP) is 2.96. The van der Waals surface area contributed by atoms with Gasteiger partial charge in [0.15, 0.2) is 5.65 Å². The summed E-state index contributed by atoms with van der Waals surface area (Å²) >= 11 is 0. The normalized spacial score (nSPS) is 11.9. The molecule has 3 aromatic rings. The van der Waals surface area contributed by atoms with E-state index in [4.69, 9.17) is 4.74 Å². The van der Waals surface area contributed by atoms with Gasteiger partial charge in [-0.25, -0.2) is 9.78 Å². The standard InChI is InChI=1S/C15H12F3N3O2/c1-21-11-6-5-10(19-13(11)20-14(21)22)9-4-3-8(15(16,17)18)7-12(9)23-2/h3-7H,1-2H3,(H,19,20,22). The van der Waals surface area contributed by atoms with Crippen LogP contribution >= 0.6 is 0 Å². The molecule has 1 aromatic carbocycles. The average molecular weight is 323 g/mol. The zero-order valence-electron chi connectivity index (χ0n) is 12.2. The number of imidazole rings is 1. The topological polar surface area (TPSA) is 59.9 Å². The van der Waals surface area contributed by atoms with Crippen molar-refractivity contribution in [3.63, 3.8) is 0 Å². The van der Waals surface area contributed by atoms with Crippen molar-refractivity contribution in [1.29, 1.82) is 0 Å². The maximum Gasteiger partial charge on any atom is 0.416 e. The Labute approximate surface area is 128 Å². The molecule has 2 aromatic heterocycles. The van der Waals surface area contributed by atoms with E-state index < -0.39 is 11.7 Å². The Morgan fingerprint density at radius 3 is 2.61 bits per heavy atom. The van der Waals surface area contributed by atoms with Gasteiger partial charge in [-0.2, -0.15) is 13.2 Å². The molecule has 0 unspecified atom stereocenters. The fraction of sp³-hybridized carbons (Fsp3) is 0.200. The van der Waals surface area contributed by atoms with E-state index in [0.717, 1.165) is 12.1 Å². The summed E-state index contributed by atoms with van der Waals surface area (Å²) in [6, 6.07) is 6.50. The summed E-state index contributed by atoms with van der Waals surface area (Å²) in [6.07, 6.45) is -4.45. The fourth-order valence-electron chi connectivity index (χ4n) is 2.34. The zero-order valence-corrected chi connectivity index (χ0v) is 12.2. The van der Waals surface area contributed by atoms with Crippen molar-refractivity contribution in [2.45, 2.75) is 6.18 Å². The molecule has 23 heavy (non-hydrogen) atoms. The second kappa shape index (κ2) is 5.15. The maximum atomic E-state index is 12.8. The first-order chi connectivity index (χ1) is 10.8. The third-order valence-electron chi connectivity index (χ3n) is 3.57. The molecule has 0 amide bonds. The lowest BCUT2D eigenvalue weighted by Crippen LogP contribution is -2.11. The molecule has 2 heterocycles. The van der Waals surface area contributed by atoms with Crippen LogP contribution in [0.5, 0.6) is 5.75 Å². The number of H-pyrrole nitrogens is 1. The van der Waals surface area contributed by atoms with Crippen molar-refractivity contribution < 1.29 is 17.9 Å². The van der Waals surface area contributed by atoms with Crippen LogP contribution in [0, 0.1) is 0 Å². The molecule has 0 aliphatic heterocycles. The highest BCUT2D eigenvalue weighted by atomic mass is 19.4. The average Bonchev–Trinajstić information content (AvgIpc) is 2.80. The molecule has 0 saturated heterocycles. The first kappa shape index (κ1) is 15.1. The molecule has 0 aliphatic carbocycles. The van der Waals surface area contributed by atoms with Gasteiger partial charge < -0.3 is 4.74 Å². The third-order valence-corrected chi connectivity index (χ3v) is 3.57. The number of benzene rings is 1. The van der Waals surface area contributed by atoms with E-state index in [0.29, 0.717) is 22.4 Å². The van der Waals surface area contributed by atoms with E-state index in [2.05, 4.69) is 9.97 Å². The Hall–Kier alpha value is -2.77. The summed E-state index contributed by atoms with van der Waals surface area (Å²) in [7, 11) is 2.89. The molecule has 120 valence electrons. The van der Waals surface area contributed by atoms with E-state index >= 15 is 0 Å². The van der Waals surface area contributed by atoms with Gasteiger partial charge >= 0.3 is 11.9 Å². The Balaban J connectivity index is 2.16. The number of nitrogens with zero attached hydrogens (tertiary/aromatic N) is 2. The van der Waals surface area contributed by atoms with Crippen LogP contribution in [-0.2, 0) is 13.2 Å². The summed E-state index contributed by atoms with van der Waals surface area (Å²) in [4.78, 5) is 18.5. The molecule has 0 bridgehead atoms. The minimum absolute atomic E-state index is 0.0601. The van der Waals surface area contributed by atoms with Crippen molar-refractivity contribution in [3.05, 3.63) is 46.4 Å². The molecule has 1 N–H and O–H groups in total. The lowest BCUT2D eigenvalue weighted by molar-refractivity contribution is -0.137. The molecular weight excluding hydrogens is 311 g/mol. The number of rotatable bonds is 2. The number of methoxy groups -OCH3 is 1. The summed E-state index contributed by atoms with van der Waals surface area (Å²) in [5.41, 5.74) is 0.662. The quantitative estimate of drug-likeness (QED) is 0.789. The number of nitrogens with one attached hydrogen (secondary N) is 1. The number of ether oxygens (including phenoxy) is 1. The van der Waals surface area contributed by atoms with E-state index in [1.807, 2.05) is 0 Å². The third kappa shape index (κ3) is 2.56. The van der Waals surface area contributed by atoms with Crippen LogP contribution in [0.15, 0.2) is 35.1 Å². The van der Waals surface area contributed by atoms with Crippen molar-refractivity contribution >= 4 is 11.2 Å². The number of pyridine rings is 1. The minimum atomic E-state index is -4.45. The van der Waals surface area contributed by atoms with Crippen LogP contribution in [0.3, 0.4) is 0 Å². The summed E-state index contributed by atoms with van der Waals surface area (Å²) < 4.78 is 44.8. The predicted molar refractivity (Wildman–Crippen MR) is 78.3 cm³/mol. The second-order valence-corrected chi connectivity index (χ2v) is 4.97. The number of fused-ring (bicyclic) bond motifs is 1. The maximum absolute atomic E-state index is 12.8. The molecule has 3 rings (SSSR count). The summed E-state index contributed by atoms with van der Waals surface area (Å²) in [6.45, 7) is 0. The highest BCUT2D eigenvalue weighted by Gasteiger charge is 2.31. The molecule has 0 spiro atoms. The van der Waals surface area contributed by atoms with E-state index in [1.54, 1.807) is 19.2 Å². The van der Waals surface area contributed by atoms with Gasteiger partial charge in [0.25, 0.3) is 0 Å².